The third-order valence-electron chi connectivity index (χ3n) is 4.33. The molecule has 0 aliphatic heterocycles. The molecule has 1 aromatic carbocycles. The SMILES string of the molecule is CN(Cc1coc2ccccc12)C1CCCCC1N. The van der Waals surface area contributed by atoms with E-state index in [1.54, 1.807) is 0 Å². The van der Waals surface area contributed by atoms with Crippen molar-refractivity contribution in [3.63, 3.8) is 0 Å². The standard InChI is InChI=1S/C16H22N2O/c1-18(15-8-4-3-7-14(15)17)10-12-11-19-16-9-5-2-6-13(12)16/h2,5-6,9,11,14-15H,3-4,7-8,10,17H2,1H3. The Kier molecular flexibility index (Phi) is 3.58. The molecule has 3 heteroatoms. The van der Waals surface area contributed by atoms with Gasteiger partial charge in [0.15, 0.2) is 0 Å². The first-order chi connectivity index (χ1) is 9.25. The molecule has 102 valence electrons. The van der Waals surface area contributed by atoms with Crippen molar-refractivity contribution in [2.45, 2.75) is 44.3 Å². The van der Waals surface area contributed by atoms with Crippen molar-refractivity contribution in [3.8, 4) is 0 Å². The van der Waals surface area contributed by atoms with Crippen LogP contribution in [0.5, 0.6) is 0 Å². The highest BCUT2D eigenvalue weighted by molar-refractivity contribution is 5.80. The molecule has 1 aromatic heterocycles. The van der Waals surface area contributed by atoms with Gasteiger partial charge in [0.2, 0.25) is 0 Å². The number of fused-ring (bicyclic) bond motifs is 1. The van der Waals surface area contributed by atoms with Gasteiger partial charge in [0.05, 0.1) is 6.26 Å². The lowest BCUT2D eigenvalue weighted by Gasteiger charge is -2.35. The van der Waals surface area contributed by atoms with Gasteiger partial charge in [0, 0.05) is 29.6 Å². The number of nitrogens with zero attached hydrogens (tertiary/aromatic N) is 1. The Labute approximate surface area is 114 Å². The summed E-state index contributed by atoms with van der Waals surface area (Å²) in [5, 5.41) is 1.22. The van der Waals surface area contributed by atoms with Crippen LogP contribution in [0.4, 0.5) is 0 Å². The summed E-state index contributed by atoms with van der Waals surface area (Å²) < 4.78 is 5.61. The van der Waals surface area contributed by atoms with Gasteiger partial charge in [-0.15, -0.1) is 0 Å². The Morgan fingerprint density at radius 2 is 2.05 bits per heavy atom. The third kappa shape index (κ3) is 2.53. The van der Waals surface area contributed by atoms with E-state index >= 15 is 0 Å². The van der Waals surface area contributed by atoms with Crippen LogP contribution in [-0.2, 0) is 6.54 Å². The molecule has 0 spiro atoms. The van der Waals surface area contributed by atoms with Gasteiger partial charge in [-0.3, -0.25) is 4.90 Å². The molecular weight excluding hydrogens is 236 g/mol. The molecule has 19 heavy (non-hydrogen) atoms. The van der Waals surface area contributed by atoms with Crippen LogP contribution in [0.1, 0.15) is 31.2 Å². The number of benzene rings is 1. The van der Waals surface area contributed by atoms with Crippen LogP contribution < -0.4 is 5.73 Å². The molecule has 2 aromatic rings. The summed E-state index contributed by atoms with van der Waals surface area (Å²) >= 11 is 0. The Balaban J connectivity index is 1.77. The Morgan fingerprint density at radius 1 is 1.26 bits per heavy atom. The lowest BCUT2D eigenvalue weighted by atomic mass is 9.90. The van der Waals surface area contributed by atoms with Gasteiger partial charge in [-0.05, 0) is 26.0 Å². The number of likely N-dealkylation sites (N-methyl/N-ethyl adjacent to an activating group) is 1. The van der Waals surface area contributed by atoms with Crippen LogP contribution in [0.2, 0.25) is 0 Å². The predicted molar refractivity (Wildman–Crippen MR) is 77.9 cm³/mol. The van der Waals surface area contributed by atoms with Crippen molar-refractivity contribution in [2.24, 2.45) is 5.73 Å². The molecule has 0 amide bonds. The molecule has 2 unspecified atom stereocenters. The average Bonchev–Trinajstić information content (AvgIpc) is 2.83. The van der Waals surface area contributed by atoms with E-state index in [2.05, 4.69) is 24.1 Å². The molecule has 0 radical (unpaired) electrons. The molecule has 3 nitrogen and oxygen atoms in total. The molecule has 1 fully saturated rings. The maximum absolute atomic E-state index is 6.26. The second-order valence-electron chi connectivity index (χ2n) is 5.69. The number of para-hydroxylation sites is 1. The lowest BCUT2D eigenvalue weighted by Crippen LogP contribution is -2.47. The van der Waals surface area contributed by atoms with Crippen LogP contribution in [0, 0.1) is 0 Å². The van der Waals surface area contributed by atoms with Crippen molar-refractivity contribution < 1.29 is 4.42 Å². The number of furan rings is 1. The average molecular weight is 258 g/mol. The third-order valence-corrected chi connectivity index (χ3v) is 4.33. The van der Waals surface area contributed by atoms with E-state index in [0.717, 1.165) is 18.5 Å². The smallest absolute Gasteiger partial charge is 0.134 e. The first kappa shape index (κ1) is 12.7. The second kappa shape index (κ2) is 5.35. The monoisotopic (exact) mass is 258 g/mol. The molecule has 1 aliphatic carbocycles. The molecule has 0 saturated heterocycles. The van der Waals surface area contributed by atoms with Crippen LogP contribution in [0.3, 0.4) is 0 Å². The zero-order valence-electron chi connectivity index (χ0n) is 11.5. The van der Waals surface area contributed by atoms with Gasteiger partial charge in [-0.2, -0.15) is 0 Å². The molecular formula is C16H22N2O. The number of nitrogens with two attached hydrogens (primary N) is 1. The van der Waals surface area contributed by atoms with Crippen LogP contribution in [0.15, 0.2) is 34.9 Å². The minimum atomic E-state index is 0.317. The highest BCUT2D eigenvalue weighted by Gasteiger charge is 2.25. The lowest BCUT2D eigenvalue weighted by molar-refractivity contribution is 0.162. The highest BCUT2D eigenvalue weighted by Crippen LogP contribution is 2.26. The zero-order valence-corrected chi connectivity index (χ0v) is 11.5. The minimum absolute atomic E-state index is 0.317. The van der Waals surface area contributed by atoms with E-state index < -0.39 is 0 Å². The van der Waals surface area contributed by atoms with Gasteiger partial charge in [0.25, 0.3) is 0 Å². The van der Waals surface area contributed by atoms with E-state index in [1.807, 2.05) is 18.4 Å². The quantitative estimate of drug-likeness (QED) is 0.919. The van der Waals surface area contributed by atoms with E-state index in [4.69, 9.17) is 10.2 Å². The fourth-order valence-corrected chi connectivity index (χ4v) is 3.23. The Hall–Kier alpha value is -1.32. The van der Waals surface area contributed by atoms with Gasteiger partial charge in [-0.25, -0.2) is 0 Å². The summed E-state index contributed by atoms with van der Waals surface area (Å²) in [7, 11) is 2.18. The number of hydrogen-bond donors (Lipinski definition) is 1. The first-order valence-corrected chi connectivity index (χ1v) is 7.16. The summed E-state index contributed by atoms with van der Waals surface area (Å²) in [6.07, 6.45) is 6.83. The predicted octanol–water partition coefficient (Wildman–Crippen LogP) is 3.13. The van der Waals surface area contributed by atoms with E-state index in [1.165, 1.54) is 30.2 Å². The first-order valence-electron chi connectivity index (χ1n) is 7.16. The van der Waals surface area contributed by atoms with E-state index in [9.17, 15) is 0 Å². The van der Waals surface area contributed by atoms with Crippen molar-refractivity contribution in [2.75, 3.05) is 7.05 Å². The second-order valence-corrected chi connectivity index (χ2v) is 5.69. The van der Waals surface area contributed by atoms with E-state index in [-0.39, 0.29) is 0 Å². The van der Waals surface area contributed by atoms with Crippen molar-refractivity contribution in [1.29, 1.82) is 0 Å². The van der Waals surface area contributed by atoms with Gasteiger partial charge in [0.1, 0.15) is 5.58 Å². The Morgan fingerprint density at radius 3 is 2.89 bits per heavy atom. The maximum atomic E-state index is 6.26. The summed E-state index contributed by atoms with van der Waals surface area (Å²) in [5.41, 5.74) is 8.49. The van der Waals surface area contributed by atoms with Crippen molar-refractivity contribution in [3.05, 3.63) is 36.1 Å². The largest absolute Gasteiger partial charge is 0.464 e. The van der Waals surface area contributed by atoms with Crippen molar-refractivity contribution in [1.82, 2.24) is 4.90 Å². The number of hydrogen-bond acceptors (Lipinski definition) is 3. The van der Waals surface area contributed by atoms with Gasteiger partial charge >= 0.3 is 0 Å². The summed E-state index contributed by atoms with van der Waals surface area (Å²) in [6, 6.07) is 9.04. The molecule has 3 rings (SSSR count). The molecule has 2 N–H and O–H groups in total. The fraction of sp³-hybridized carbons (Fsp3) is 0.500. The fourth-order valence-electron chi connectivity index (χ4n) is 3.23. The number of rotatable bonds is 3. The molecule has 1 saturated carbocycles. The zero-order chi connectivity index (χ0) is 13.2. The normalized spacial score (nSPS) is 24.2. The van der Waals surface area contributed by atoms with Gasteiger partial charge < -0.3 is 10.2 Å². The summed E-state index contributed by atoms with van der Waals surface area (Å²) in [5.74, 6) is 0. The highest BCUT2D eigenvalue weighted by atomic mass is 16.3. The van der Waals surface area contributed by atoms with Crippen molar-refractivity contribution >= 4 is 11.0 Å². The maximum Gasteiger partial charge on any atom is 0.134 e. The van der Waals surface area contributed by atoms with Crippen LogP contribution >= 0.6 is 0 Å². The Bertz CT molecular complexity index is 548. The topological polar surface area (TPSA) is 42.4 Å². The summed E-state index contributed by atoms with van der Waals surface area (Å²) in [4.78, 5) is 2.39. The van der Waals surface area contributed by atoms with Crippen LogP contribution in [0.25, 0.3) is 11.0 Å². The van der Waals surface area contributed by atoms with Crippen LogP contribution in [-0.4, -0.2) is 24.0 Å². The molecule has 1 aliphatic rings. The minimum Gasteiger partial charge on any atom is -0.464 e. The van der Waals surface area contributed by atoms with E-state index in [0.29, 0.717) is 12.1 Å². The summed E-state index contributed by atoms with van der Waals surface area (Å²) in [6.45, 7) is 0.912. The molecule has 2 atom stereocenters. The molecule has 1 heterocycles. The van der Waals surface area contributed by atoms with Gasteiger partial charge in [-0.1, -0.05) is 31.0 Å². The molecule has 0 bridgehead atoms.